The minimum Gasteiger partial charge on any atom is -0.207 e. The van der Waals surface area contributed by atoms with Gasteiger partial charge in [0.25, 0.3) is 0 Å². The zero-order valence-corrected chi connectivity index (χ0v) is 13.5. The molecule has 1 heteroatoms. The second-order valence-electron chi connectivity index (χ2n) is 6.02. The van der Waals surface area contributed by atoms with E-state index in [0.29, 0.717) is 0 Å². The van der Waals surface area contributed by atoms with Crippen molar-refractivity contribution in [3.63, 3.8) is 0 Å². The van der Waals surface area contributed by atoms with Gasteiger partial charge in [-0.3, -0.25) is 0 Å². The molecule has 0 spiro atoms. The van der Waals surface area contributed by atoms with Crippen molar-refractivity contribution in [2.45, 2.75) is 6.92 Å². The molecule has 0 radical (unpaired) electrons. The van der Waals surface area contributed by atoms with Gasteiger partial charge in [0.2, 0.25) is 0 Å². The van der Waals surface area contributed by atoms with E-state index in [1.165, 1.54) is 39.6 Å². The molecule has 0 N–H and O–H groups in total. The van der Waals surface area contributed by atoms with Crippen LogP contribution in [0.3, 0.4) is 0 Å². The lowest BCUT2D eigenvalue weighted by Crippen LogP contribution is -1.90. The highest BCUT2D eigenvalue weighted by Gasteiger charge is 2.11. The molecule has 0 aliphatic rings. The van der Waals surface area contributed by atoms with Crippen LogP contribution in [0, 0.1) is 12.7 Å². The third-order valence-electron chi connectivity index (χ3n) is 4.55. The normalized spacial score (nSPS) is 10.9. The maximum absolute atomic E-state index is 13.3. The molecule has 4 rings (SSSR count). The second-order valence-corrected chi connectivity index (χ2v) is 6.02. The lowest BCUT2D eigenvalue weighted by atomic mass is 9.89. The molecule has 24 heavy (non-hydrogen) atoms. The van der Waals surface area contributed by atoms with Crippen LogP contribution in [0.25, 0.3) is 33.0 Å². The molecular formula is C23H17F. The average Bonchev–Trinajstić information content (AvgIpc) is 2.64. The molecule has 0 atom stereocenters. The molecule has 0 heterocycles. The Morgan fingerprint density at radius 3 is 1.88 bits per heavy atom. The van der Waals surface area contributed by atoms with Crippen LogP contribution in [0.1, 0.15) is 5.56 Å². The average molecular weight is 312 g/mol. The van der Waals surface area contributed by atoms with Crippen LogP contribution >= 0.6 is 0 Å². The van der Waals surface area contributed by atoms with E-state index in [-0.39, 0.29) is 5.82 Å². The van der Waals surface area contributed by atoms with E-state index in [4.69, 9.17) is 0 Å². The number of hydrogen-bond donors (Lipinski definition) is 0. The first kappa shape index (κ1) is 14.6. The number of aryl methyl sites for hydroxylation is 1. The SMILES string of the molecule is Cc1c(-c2ccccc2)cc(-c2ccc(F)cc2)c2ccccc12. The van der Waals surface area contributed by atoms with Gasteiger partial charge in [0.05, 0.1) is 0 Å². The highest BCUT2D eigenvalue weighted by atomic mass is 19.1. The molecule has 4 aromatic carbocycles. The highest BCUT2D eigenvalue weighted by molar-refractivity contribution is 6.02. The summed E-state index contributed by atoms with van der Waals surface area (Å²) in [5, 5.41) is 2.43. The van der Waals surface area contributed by atoms with Crippen LogP contribution in [0.4, 0.5) is 4.39 Å². The Morgan fingerprint density at radius 1 is 0.583 bits per heavy atom. The summed E-state index contributed by atoms with van der Waals surface area (Å²) in [4.78, 5) is 0. The van der Waals surface area contributed by atoms with Crippen LogP contribution in [0.15, 0.2) is 84.9 Å². The van der Waals surface area contributed by atoms with Gasteiger partial charge in [0.15, 0.2) is 0 Å². The molecule has 0 unspecified atom stereocenters. The van der Waals surface area contributed by atoms with Gasteiger partial charge in [-0.1, -0.05) is 66.7 Å². The number of fused-ring (bicyclic) bond motifs is 1. The van der Waals surface area contributed by atoms with Crippen molar-refractivity contribution >= 4 is 10.8 Å². The minimum atomic E-state index is -0.210. The fraction of sp³-hybridized carbons (Fsp3) is 0.0435. The smallest absolute Gasteiger partial charge is 0.123 e. The largest absolute Gasteiger partial charge is 0.207 e. The Morgan fingerprint density at radius 2 is 1.17 bits per heavy atom. The Labute approximate surface area is 141 Å². The van der Waals surface area contributed by atoms with Gasteiger partial charge >= 0.3 is 0 Å². The maximum Gasteiger partial charge on any atom is 0.123 e. The summed E-state index contributed by atoms with van der Waals surface area (Å²) in [6.45, 7) is 2.17. The molecular weight excluding hydrogens is 295 g/mol. The molecule has 0 aliphatic carbocycles. The Kier molecular flexibility index (Phi) is 3.62. The first-order valence-electron chi connectivity index (χ1n) is 8.08. The zero-order chi connectivity index (χ0) is 16.5. The molecule has 0 nitrogen and oxygen atoms in total. The zero-order valence-electron chi connectivity index (χ0n) is 13.5. The molecule has 0 aliphatic heterocycles. The molecule has 0 aromatic heterocycles. The Bertz CT molecular complexity index is 999. The van der Waals surface area contributed by atoms with Gasteiger partial charge in [-0.25, -0.2) is 4.39 Å². The van der Waals surface area contributed by atoms with Crippen molar-refractivity contribution in [2.24, 2.45) is 0 Å². The van der Waals surface area contributed by atoms with Crippen LogP contribution in [0.2, 0.25) is 0 Å². The second kappa shape index (κ2) is 5.93. The van der Waals surface area contributed by atoms with Crippen molar-refractivity contribution in [1.82, 2.24) is 0 Å². The van der Waals surface area contributed by atoms with Crippen LogP contribution in [0.5, 0.6) is 0 Å². The summed E-state index contributed by atoms with van der Waals surface area (Å²) >= 11 is 0. The van der Waals surface area contributed by atoms with Crippen LogP contribution in [-0.2, 0) is 0 Å². The number of rotatable bonds is 2. The predicted molar refractivity (Wildman–Crippen MR) is 99.5 cm³/mol. The monoisotopic (exact) mass is 312 g/mol. The standard InChI is InChI=1S/C23H17F/c1-16-20-9-5-6-10-21(20)23(18-11-13-19(24)14-12-18)15-22(16)17-7-3-2-4-8-17/h2-15H,1H3. The van der Waals surface area contributed by atoms with E-state index in [1.54, 1.807) is 0 Å². The summed E-state index contributed by atoms with van der Waals surface area (Å²) in [5.74, 6) is -0.210. The molecule has 4 aromatic rings. The van der Waals surface area contributed by atoms with Crippen LogP contribution in [-0.4, -0.2) is 0 Å². The van der Waals surface area contributed by atoms with Crippen molar-refractivity contribution < 1.29 is 4.39 Å². The van der Waals surface area contributed by atoms with Gasteiger partial charge in [-0.15, -0.1) is 0 Å². The number of benzene rings is 4. The summed E-state index contributed by atoms with van der Waals surface area (Å²) < 4.78 is 13.3. The van der Waals surface area contributed by atoms with Gasteiger partial charge in [-0.2, -0.15) is 0 Å². The van der Waals surface area contributed by atoms with E-state index in [9.17, 15) is 4.39 Å². The Hall–Kier alpha value is -2.93. The predicted octanol–water partition coefficient (Wildman–Crippen LogP) is 6.62. The van der Waals surface area contributed by atoms with Crippen molar-refractivity contribution in [2.75, 3.05) is 0 Å². The Balaban J connectivity index is 2.05. The first-order chi connectivity index (χ1) is 11.7. The van der Waals surface area contributed by atoms with E-state index in [2.05, 4.69) is 61.5 Å². The molecule has 116 valence electrons. The van der Waals surface area contributed by atoms with Gasteiger partial charge < -0.3 is 0 Å². The molecule has 0 saturated carbocycles. The number of hydrogen-bond acceptors (Lipinski definition) is 0. The van der Waals surface area contributed by atoms with Gasteiger partial charge in [0, 0.05) is 0 Å². The summed E-state index contributed by atoms with van der Waals surface area (Å²) in [5.41, 5.74) is 5.85. The summed E-state index contributed by atoms with van der Waals surface area (Å²) in [6.07, 6.45) is 0. The minimum absolute atomic E-state index is 0.210. The van der Waals surface area contributed by atoms with E-state index < -0.39 is 0 Å². The third-order valence-corrected chi connectivity index (χ3v) is 4.55. The van der Waals surface area contributed by atoms with Gasteiger partial charge in [0.1, 0.15) is 5.82 Å². The lowest BCUT2D eigenvalue weighted by molar-refractivity contribution is 0.628. The van der Waals surface area contributed by atoms with Crippen LogP contribution < -0.4 is 0 Å². The van der Waals surface area contributed by atoms with E-state index >= 15 is 0 Å². The quantitative estimate of drug-likeness (QED) is 0.390. The molecule has 0 amide bonds. The molecule has 0 bridgehead atoms. The highest BCUT2D eigenvalue weighted by Crippen LogP contribution is 2.37. The van der Waals surface area contributed by atoms with E-state index in [0.717, 1.165) is 11.1 Å². The third kappa shape index (κ3) is 2.48. The van der Waals surface area contributed by atoms with Gasteiger partial charge in [-0.05, 0) is 63.7 Å². The maximum atomic E-state index is 13.3. The van der Waals surface area contributed by atoms with E-state index in [1.807, 2.05) is 18.2 Å². The number of halogens is 1. The molecule has 0 saturated heterocycles. The summed E-state index contributed by atoms with van der Waals surface area (Å²) in [6, 6.07) is 27.8. The van der Waals surface area contributed by atoms with Crippen molar-refractivity contribution in [1.29, 1.82) is 0 Å². The van der Waals surface area contributed by atoms with Crippen molar-refractivity contribution in [3.05, 3.63) is 96.3 Å². The van der Waals surface area contributed by atoms with Crippen molar-refractivity contribution in [3.8, 4) is 22.3 Å². The molecule has 0 fully saturated rings. The fourth-order valence-corrected chi connectivity index (χ4v) is 3.31. The summed E-state index contributed by atoms with van der Waals surface area (Å²) in [7, 11) is 0. The topological polar surface area (TPSA) is 0 Å². The lowest BCUT2D eigenvalue weighted by Gasteiger charge is -2.15. The fourth-order valence-electron chi connectivity index (χ4n) is 3.31. The first-order valence-corrected chi connectivity index (χ1v) is 8.08.